The first kappa shape index (κ1) is 19.6. The summed E-state index contributed by atoms with van der Waals surface area (Å²) in [5.74, 6) is 0.00650. The molecule has 1 aliphatic carbocycles. The van der Waals surface area contributed by atoms with Gasteiger partial charge in [-0.1, -0.05) is 43.3 Å². The lowest BCUT2D eigenvalue weighted by Crippen LogP contribution is -2.32. The van der Waals surface area contributed by atoms with E-state index >= 15 is 0 Å². The van der Waals surface area contributed by atoms with Crippen molar-refractivity contribution in [1.82, 2.24) is 4.57 Å². The molecule has 3 aromatic rings. The average Bonchev–Trinajstić information content (AvgIpc) is 3.16. The first-order valence-electron chi connectivity index (χ1n) is 10.8. The standard InChI is InChI=1S/C27H26N2O2/c1-6-27(3)19-12-8-10-14-21(19)29(5)22(27)15-18-25(30)24(26(18)31)23-16(2)28(4)20-13-9-7-11-17(20)23/h7-15H,6H2,1-5H3/p+1. The molecule has 156 valence electrons. The number of para-hydroxylation sites is 2. The van der Waals surface area contributed by atoms with E-state index in [0.29, 0.717) is 11.1 Å². The minimum atomic E-state index is -0.204. The number of carbonyl (C=O) groups is 1. The zero-order chi connectivity index (χ0) is 22.1. The number of aliphatic hydroxyl groups excluding tert-OH is 1. The summed E-state index contributed by atoms with van der Waals surface area (Å²) in [5, 5.41) is 12.0. The van der Waals surface area contributed by atoms with E-state index in [1.165, 1.54) is 5.56 Å². The summed E-state index contributed by atoms with van der Waals surface area (Å²) in [6, 6.07) is 16.4. The SMILES string of the molecule is CCC1(C)C(C=C2C(=O)C(c3c(C)n(C)c4ccccc34)=C2O)=[N+](C)c2ccccc21. The number of hydrogen-bond donors (Lipinski definition) is 1. The Kier molecular flexibility index (Phi) is 4.13. The molecule has 1 atom stereocenters. The molecule has 2 aromatic carbocycles. The van der Waals surface area contributed by atoms with Gasteiger partial charge in [0, 0.05) is 46.9 Å². The van der Waals surface area contributed by atoms with Gasteiger partial charge in [0.25, 0.3) is 0 Å². The molecule has 0 spiro atoms. The van der Waals surface area contributed by atoms with Crippen LogP contribution in [0.5, 0.6) is 0 Å². The lowest BCUT2D eigenvalue weighted by molar-refractivity contribution is -0.401. The fourth-order valence-electron chi connectivity index (χ4n) is 5.26. The molecule has 5 rings (SSSR count). The van der Waals surface area contributed by atoms with Crippen molar-refractivity contribution in [3.63, 3.8) is 0 Å². The van der Waals surface area contributed by atoms with Gasteiger partial charge in [0.15, 0.2) is 5.71 Å². The fourth-order valence-corrected chi connectivity index (χ4v) is 5.26. The van der Waals surface area contributed by atoms with Crippen molar-refractivity contribution in [2.45, 2.75) is 32.6 Å². The molecule has 0 radical (unpaired) electrons. The van der Waals surface area contributed by atoms with Gasteiger partial charge in [0.05, 0.1) is 16.6 Å². The van der Waals surface area contributed by atoms with Crippen LogP contribution in [0.4, 0.5) is 5.69 Å². The zero-order valence-electron chi connectivity index (χ0n) is 18.7. The van der Waals surface area contributed by atoms with Gasteiger partial charge in [-0.05, 0) is 26.3 Å². The third kappa shape index (κ3) is 2.42. The maximum absolute atomic E-state index is 13.3. The van der Waals surface area contributed by atoms with Crippen LogP contribution in [0.25, 0.3) is 16.5 Å². The molecule has 4 nitrogen and oxygen atoms in total. The molecule has 0 saturated carbocycles. The molecule has 2 aliphatic rings. The van der Waals surface area contributed by atoms with Gasteiger partial charge >= 0.3 is 0 Å². The maximum Gasteiger partial charge on any atom is 0.209 e. The highest BCUT2D eigenvalue weighted by atomic mass is 16.3. The highest BCUT2D eigenvalue weighted by molar-refractivity contribution is 6.41. The number of nitrogens with zero attached hydrogens (tertiary/aromatic N) is 2. The summed E-state index contributed by atoms with van der Waals surface area (Å²) in [5.41, 5.74) is 6.94. The Morgan fingerprint density at radius 2 is 1.81 bits per heavy atom. The van der Waals surface area contributed by atoms with Crippen molar-refractivity contribution in [3.8, 4) is 0 Å². The lowest BCUT2D eigenvalue weighted by atomic mass is 9.74. The molecule has 4 heteroatoms. The molecule has 0 saturated heterocycles. The van der Waals surface area contributed by atoms with E-state index in [1.807, 2.05) is 57.4 Å². The summed E-state index contributed by atoms with van der Waals surface area (Å²) >= 11 is 0. The predicted octanol–water partition coefficient (Wildman–Crippen LogP) is 5.36. The summed E-state index contributed by atoms with van der Waals surface area (Å²) in [4.78, 5) is 13.3. The van der Waals surface area contributed by atoms with E-state index in [-0.39, 0.29) is 17.0 Å². The second-order valence-electron chi connectivity index (χ2n) is 8.79. The molecular formula is C27H27N2O2+. The molecule has 1 N–H and O–H groups in total. The largest absolute Gasteiger partial charge is 0.506 e. The van der Waals surface area contributed by atoms with E-state index in [4.69, 9.17) is 0 Å². The van der Waals surface area contributed by atoms with Crippen molar-refractivity contribution < 1.29 is 14.5 Å². The Hall–Kier alpha value is -3.40. The maximum atomic E-state index is 13.3. The van der Waals surface area contributed by atoms with Crippen LogP contribution in [0.15, 0.2) is 65.9 Å². The third-order valence-electron chi connectivity index (χ3n) is 7.39. The monoisotopic (exact) mass is 411 g/mol. The van der Waals surface area contributed by atoms with Gasteiger partial charge in [0.1, 0.15) is 12.8 Å². The second-order valence-corrected chi connectivity index (χ2v) is 8.79. The number of rotatable bonds is 3. The second kappa shape index (κ2) is 6.55. The molecule has 2 heterocycles. The Morgan fingerprint density at radius 1 is 1.13 bits per heavy atom. The first-order chi connectivity index (χ1) is 14.8. The molecule has 0 amide bonds. The van der Waals surface area contributed by atoms with E-state index in [9.17, 15) is 9.90 Å². The average molecular weight is 412 g/mol. The number of aliphatic hydroxyl groups is 1. The molecular weight excluding hydrogens is 384 g/mol. The number of aryl methyl sites for hydroxylation is 1. The highest BCUT2D eigenvalue weighted by Gasteiger charge is 2.47. The van der Waals surface area contributed by atoms with Gasteiger partial charge in [0.2, 0.25) is 11.5 Å². The number of hydrogen-bond acceptors (Lipinski definition) is 2. The van der Waals surface area contributed by atoms with Crippen molar-refractivity contribution in [2.75, 3.05) is 7.05 Å². The van der Waals surface area contributed by atoms with E-state index < -0.39 is 0 Å². The van der Waals surface area contributed by atoms with Crippen molar-refractivity contribution in [1.29, 1.82) is 0 Å². The van der Waals surface area contributed by atoms with Gasteiger partial charge in [-0.25, -0.2) is 0 Å². The number of allylic oxidation sites excluding steroid dienone is 3. The summed E-state index contributed by atoms with van der Waals surface area (Å²) in [6.45, 7) is 6.37. The van der Waals surface area contributed by atoms with Gasteiger partial charge in [-0.3, -0.25) is 4.79 Å². The molecule has 1 unspecified atom stereocenters. The van der Waals surface area contributed by atoms with Crippen LogP contribution in [0.3, 0.4) is 0 Å². The topological polar surface area (TPSA) is 45.2 Å². The van der Waals surface area contributed by atoms with Crippen LogP contribution in [-0.2, 0) is 17.3 Å². The van der Waals surface area contributed by atoms with E-state index in [0.717, 1.165) is 40.0 Å². The van der Waals surface area contributed by atoms with Crippen LogP contribution in [-0.4, -0.2) is 32.8 Å². The lowest BCUT2D eigenvalue weighted by Gasteiger charge is -2.24. The smallest absolute Gasteiger partial charge is 0.209 e. The quantitative estimate of drug-likeness (QED) is 0.466. The van der Waals surface area contributed by atoms with Crippen LogP contribution in [0.2, 0.25) is 0 Å². The minimum absolute atomic E-state index is 0.0905. The molecule has 1 aliphatic heterocycles. The molecule has 0 bridgehead atoms. The van der Waals surface area contributed by atoms with Crippen LogP contribution < -0.4 is 0 Å². The fraction of sp³-hybridized carbons (Fsp3) is 0.259. The molecule has 31 heavy (non-hydrogen) atoms. The Labute approximate surface area is 182 Å². The van der Waals surface area contributed by atoms with E-state index in [2.05, 4.69) is 41.2 Å². The summed E-state index contributed by atoms with van der Waals surface area (Å²) < 4.78 is 4.22. The Balaban J connectivity index is 1.67. The van der Waals surface area contributed by atoms with Crippen LogP contribution in [0.1, 0.15) is 37.1 Å². The number of ketones is 1. The number of Topliss-reactive ketones (excluding diaryl/α,β-unsaturated/α-hetero) is 1. The van der Waals surface area contributed by atoms with Crippen LogP contribution >= 0.6 is 0 Å². The predicted molar refractivity (Wildman–Crippen MR) is 125 cm³/mol. The third-order valence-corrected chi connectivity index (χ3v) is 7.39. The van der Waals surface area contributed by atoms with Gasteiger partial charge in [-0.15, -0.1) is 0 Å². The molecule has 1 aromatic heterocycles. The zero-order valence-corrected chi connectivity index (χ0v) is 18.7. The van der Waals surface area contributed by atoms with Crippen molar-refractivity contribution in [2.24, 2.45) is 7.05 Å². The van der Waals surface area contributed by atoms with Crippen molar-refractivity contribution >= 4 is 33.7 Å². The number of aromatic nitrogens is 1. The first-order valence-corrected chi connectivity index (χ1v) is 10.8. The molecule has 0 fully saturated rings. The van der Waals surface area contributed by atoms with Crippen molar-refractivity contribution in [3.05, 3.63) is 82.8 Å². The van der Waals surface area contributed by atoms with Crippen LogP contribution in [0, 0.1) is 6.92 Å². The Bertz CT molecular complexity index is 1380. The number of benzene rings is 2. The summed E-state index contributed by atoms with van der Waals surface area (Å²) in [7, 11) is 4.03. The Morgan fingerprint density at radius 3 is 2.52 bits per heavy atom. The summed E-state index contributed by atoms with van der Waals surface area (Å²) in [6.07, 6.45) is 2.80. The van der Waals surface area contributed by atoms with E-state index in [1.54, 1.807) is 0 Å². The minimum Gasteiger partial charge on any atom is -0.506 e. The highest BCUT2D eigenvalue weighted by Crippen LogP contribution is 2.45. The number of fused-ring (bicyclic) bond motifs is 2. The normalized spacial score (nSPS) is 22.0. The number of carbonyl (C=O) groups excluding carboxylic acids is 1. The van der Waals surface area contributed by atoms with Gasteiger partial charge < -0.3 is 9.67 Å². The van der Waals surface area contributed by atoms with Gasteiger partial charge in [-0.2, -0.15) is 4.58 Å².